The molecule has 0 spiro atoms. The van der Waals surface area contributed by atoms with Gasteiger partial charge in [0, 0.05) is 45.8 Å². The van der Waals surface area contributed by atoms with E-state index in [0.717, 1.165) is 201 Å². The third kappa shape index (κ3) is 20.4. The van der Waals surface area contributed by atoms with Crippen LogP contribution in [0.5, 0.6) is 0 Å². The number of carbonyl (C=O) groups excluding carboxylic acids is 8. The first-order valence-corrected chi connectivity index (χ1v) is 49.8. The Kier molecular flexibility index (Phi) is 26.0. The average molecular weight is 1870 g/mol. The molecule has 0 radical (unpaired) electrons. The second-order valence-corrected chi connectivity index (χ2v) is 45.7. The van der Waals surface area contributed by atoms with Crippen LogP contribution in [0.15, 0.2) is 121 Å². The Morgan fingerprint density at radius 2 is 0.662 bits per heavy atom. The fraction of sp³-hybridized carbons (Fsp3) is 0.654. The SMILES string of the molecule is N#C[C@@H]1C[C@@H]2C[C@@H]2N1.N#C[C@@H]1C[C@@H]2C[C@@H]2N1C(=O)[C@@H](NC(=O)OCc1ccccc1)C12CC3CC(CC(O)(C3)C1)C2.NC(=O)[C@@H]1C[C@@H]2C[C@@H]2N1.NC(=O)[C@@H]1C[C@@H]2C[C@@H]2N1C(=O)[C@@H](NC(=O)OCc1ccccc1)C12CC3CC(CC(O)(C3)C1)C2.O=C(N[C@H](C(=O)O)C12CC3CC(CC(O)(C3)C1)C2)OCc1ccccc1.O=C(N[C@H](C(=O)O)C12CC3CC(CC(O)(C3)C1)C2)OCc1ccccc1. The van der Waals surface area contributed by atoms with Gasteiger partial charge in [0.1, 0.15) is 62.7 Å². The molecule has 20 aliphatic carbocycles. The summed E-state index contributed by atoms with van der Waals surface area (Å²) in [6, 6.07) is 38.9. The molecule has 4 heterocycles. The number of piperidine rings is 4. The molecule has 24 atom stereocenters. The monoisotopic (exact) mass is 1870 g/mol. The number of aliphatic carboxylic acids is 2. The highest BCUT2D eigenvalue weighted by Gasteiger charge is 2.69. The third-order valence-corrected chi connectivity index (χ3v) is 35.1. The third-order valence-electron chi connectivity index (χ3n) is 35.1. The van der Waals surface area contributed by atoms with Gasteiger partial charge in [0.2, 0.25) is 23.6 Å². The number of nitrogens with one attached hydrogen (secondary N) is 6. The number of amides is 8. The van der Waals surface area contributed by atoms with Gasteiger partial charge in [-0.2, -0.15) is 10.5 Å². The minimum Gasteiger partial charge on any atom is -0.480 e. The van der Waals surface area contributed by atoms with Crippen LogP contribution in [0.1, 0.15) is 228 Å². The number of nitrogens with zero attached hydrogens (tertiary/aromatic N) is 4. The topological polar surface area (TPSA) is 507 Å². The molecule has 32 nitrogen and oxygen atoms in total. The molecule has 16 N–H and O–H groups in total. The van der Waals surface area contributed by atoms with Crippen LogP contribution in [0.3, 0.4) is 0 Å². The van der Waals surface area contributed by atoms with Crippen molar-refractivity contribution in [2.75, 3.05) is 0 Å². The lowest BCUT2D eigenvalue weighted by atomic mass is 9.46. The van der Waals surface area contributed by atoms with Crippen molar-refractivity contribution in [3.05, 3.63) is 144 Å². The van der Waals surface area contributed by atoms with Gasteiger partial charge in [-0.3, -0.25) is 24.5 Å². The first-order chi connectivity index (χ1) is 65.0. The number of likely N-dealkylation sites (tertiary alicyclic amines) is 2. The molecular weight excluding hydrogens is 1740 g/mol. The molecular formula is C104H132N12O20. The number of nitrogens with two attached hydrogens (primary N) is 2. The van der Waals surface area contributed by atoms with Gasteiger partial charge >= 0.3 is 36.3 Å². The van der Waals surface area contributed by atoms with Gasteiger partial charge in [0.05, 0.1) is 46.6 Å². The van der Waals surface area contributed by atoms with Crippen LogP contribution in [0, 0.1) is 115 Å². The highest BCUT2D eigenvalue weighted by Crippen LogP contribution is 2.68. The summed E-state index contributed by atoms with van der Waals surface area (Å²) in [6.07, 6.45) is 23.7. The summed E-state index contributed by atoms with van der Waals surface area (Å²) in [4.78, 5) is 129. The number of rotatable bonds is 22. The molecule has 24 fully saturated rings. The van der Waals surface area contributed by atoms with Crippen LogP contribution in [-0.2, 0) is 74.1 Å². The Morgan fingerprint density at radius 3 is 0.926 bits per heavy atom. The van der Waals surface area contributed by atoms with Crippen LogP contribution < -0.4 is 43.4 Å². The number of ether oxygens (including phenoxy) is 4. The summed E-state index contributed by atoms with van der Waals surface area (Å²) in [5, 5.41) is 99.4. The number of aliphatic hydroxyl groups is 4. The number of fused-ring (bicyclic) bond motifs is 4. The van der Waals surface area contributed by atoms with E-state index in [9.17, 15) is 83.8 Å². The van der Waals surface area contributed by atoms with Crippen molar-refractivity contribution in [3.8, 4) is 12.1 Å². The minimum absolute atomic E-state index is 0.0197. The van der Waals surface area contributed by atoms with Crippen LogP contribution in [0.4, 0.5) is 19.2 Å². The first kappa shape index (κ1) is 94.5. The quantitative estimate of drug-likeness (QED) is 0.0325. The van der Waals surface area contributed by atoms with E-state index < -0.39 is 123 Å². The van der Waals surface area contributed by atoms with Gasteiger partial charge in [0.15, 0.2) is 0 Å². The van der Waals surface area contributed by atoms with E-state index in [0.29, 0.717) is 97.3 Å². The Labute approximate surface area is 792 Å². The van der Waals surface area contributed by atoms with Crippen molar-refractivity contribution in [2.45, 2.75) is 327 Å². The number of primary amides is 2. The molecule has 8 unspecified atom stereocenters. The largest absolute Gasteiger partial charge is 0.480 e. The lowest BCUT2D eigenvalue weighted by Gasteiger charge is -2.62. The molecule has 4 saturated heterocycles. The van der Waals surface area contributed by atoms with Crippen molar-refractivity contribution in [1.29, 1.82) is 10.5 Å². The summed E-state index contributed by atoms with van der Waals surface area (Å²) in [5.41, 5.74) is 8.95. The number of alkyl carbamates (subject to hydrolysis) is 4. The van der Waals surface area contributed by atoms with E-state index in [-0.39, 0.29) is 68.3 Å². The summed E-state index contributed by atoms with van der Waals surface area (Å²) in [6.45, 7) is 0.432. The van der Waals surface area contributed by atoms with E-state index in [1.54, 1.807) is 9.80 Å². The van der Waals surface area contributed by atoms with Gasteiger partial charge in [-0.1, -0.05) is 121 Å². The van der Waals surface area contributed by atoms with Crippen molar-refractivity contribution in [2.24, 2.45) is 104 Å². The highest BCUT2D eigenvalue weighted by molar-refractivity contribution is 5.93. The van der Waals surface area contributed by atoms with Crippen LogP contribution in [-0.4, -0.2) is 195 Å². The van der Waals surface area contributed by atoms with Crippen molar-refractivity contribution >= 4 is 59.9 Å². The lowest BCUT2D eigenvalue weighted by Crippen LogP contribution is -2.67. The Balaban J connectivity index is 0.000000110. The molecule has 28 rings (SSSR count). The molecule has 20 saturated carbocycles. The molecule has 4 aliphatic heterocycles. The number of benzene rings is 4. The number of carbonyl (C=O) groups is 10. The predicted molar refractivity (Wildman–Crippen MR) is 489 cm³/mol. The van der Waals surface area contributed by atoms with Gasteiger partial charge in [-0.15, -0.1) is 0 Å². The zero-order chi connectivity index (χ0) is 95.2. The van der Waals surface area contributed by atoms with E-state index in [1.165, 1.54) is 12.8 Å². The van der Waals surface area contributed by atoms with E-state index in [2.05, 4.69) is 44.0 Å². The van der Waals surface area contributed by atoms with Crippen molar-refractivity contribution in [3.63, 3.8) is 0 Å². The van der Waals surface area contributed by atoms with Crippen molar-refractivity contribution < 1.29 is 97.5 Å². The molecule has 728 valence electrons. The maximum Gasteiger partial charge on any atom is 0.408 e. The van der Waals surface area contributed by atoms with Crippen molar-refractivity contribution in [1.82, 2.24) is 41.7 Å². The number of carboxylic acids is 2. The molecule has 4 aromatic carbocycles. The number of carboxylic acid groups (broad SMARTS) is 2. The fourth-order valence-corrected chi connectivity index (χ4v) is 31.1. The summed E-state index contributed by atoms with van der Waals surface area (Å²) < 4.78 is 21.4. The second-order valence-electron chi connectivity index (χ2n) is 45.7. The standard InChI is InChI=1S/C26H33N3O5.C26H31N3O4.2C20H25NO5.C6H10N2O.C6H8N2/c27-22(30)20-8-18-7-19(18)29(20)23(31)21(28-24(32)34-13-15-4-2-1-3-5-15)25-9-16-6-17(10-25)12-26(33,11-16)14-25;27-13-20-7-19-8-21(19)29(20)23(30)22(28-24(31)33-14-16-4-2-1-3-5-16)25-9-17-6-18(10-25)12-26(32,11-17)15-25;2*22-17(23)16(21-18(24)26-11-13-4-2-1-3-5-13)19-7-14-6-15(8-19)10-20(25,9-14)12-19;7-6(9)5-2-3-1-4(3)8-5;7-3-5-1-4-2-6(4)8-5/h1-5,16-21,33H,6-14H2,(H2,27,30)(H,28,32);1-5,17-22,32H,6-12,14-15H2,(H,28,31);2*1-5,14-16,25H,6-12H2,(H,21,24)(H,22,23);3-5,8H,1-2H2,(H2,7,9);4-6,8H,1-2H2/t16?,17?,18-,19-,20-,21+,25?,26?;17?,18?,19-,20+,21+,22-,25?,26?;2*14?,15?,16-,19?,20?;3-,4-,5-;4-,5+,6+/m011101/s1. The van der Waals surface area contributed by atoms with E-state index >= 15 is 0 Å². The zero-order valence-electron chi connectivity index (χ0n) is 77.2. The van der Waals surface area contributed by atoms with Crippen LogP contribution >= 0.6 is 0 Å². The molecule has 0 aromatic heterocycles. The van der Waals surface area contributed by atoms with Gasteiger partial charge < -0.3 is 97.4 Å². The van der Waals surface area contributed by atoms with E-state index in [1.807, 2.05) is 121 Å². The maximum atomic E-state index is 14.1. The lowest BCUT2D eigenvalue weighted by molar-refractivity contribution is -0.183. The zero-order valence-corrected chi connectivity index (χ0v) is 77.2. The number of hydrogen-bond donors (Lipinski definition) is 14. The Hall–Kier alpha value is -10.5. The second kappa shape index (κ2) is 37.4. The molecule has 8 amide bonds. The summed E-state index contributed by atoms with van der Waals surface area (Å²) >= 11 is 0. The smallest absolute Gasteiger partial charge is 0.408 e. The summed E-state index contributed by atoms with van der Waals surface area (Å²) in [7, 11) is 0. The highest BCUT2D eigenvalue weighted by atomic mass is 16.6. The molecule has 136 heavy (non-hydrogen) atoms. The Bertz CT molecular complexity index is 5060. The van der Waals surface area contributed by atoms with E-state index in [4.69, 9.17) is 35.7 Å². The fourth-order valence-electron chi connectivity index (χ4n) is 31.1. The predicted octanol–water partition coefficient (Wildman–Crippen LogP) is 10.1. The summed E-state index contributed by atoms with van der Waals surface area (Å²) in [5.74, 6) is 2.04. The van der Waals surface area contributed by atoms with Gasteiger partial charge in [-0.05, 0) is 299 Å². The maximum absolute atomic E-state index is 14.1. The Morgan fingerprint density at radius 1 is 0.360 bits per heavy atom. The van der Waals surface area contributed by atoms with Crippen LogP contribution in [0.2, 0.25) is 0 Å². The number of nitriles is 2. The van der Waals surface area contributed by atoms with Gasteiger partial charge in [0.25, 0.3) is 0 Å². The average Bonchev–Trinajstić information content (AvgIpc) is 1.43. The molecule has 16 bridgehead atoms. The van der Waals surface area contributed by atoms with Gasteiger partial charge in [-0.25, -0.2) is 28.8 Å². The molecule has 4 aromatic rings. The normalized spacial score (nSPS) is 39.5. The first-order valence-electron chi connectivity index (χ1n) is 49.8. The molecule has 32 heteroatoms. The molecule has 24 aliphatic rings. The number of hydrogen-bond acceptors (Lipinski definition) is 22. The van der Waals surface area contributed by atoms with Crippen LogP contribution in [0.25, 0.3) is 0 Å². The minimum atomic E-state index is -1.05.